The van der Waals surface area contributed by atoms with Crippen molar-refractivity contribution in [3.8, 4) is 22.0 Å². The highest BCUT2D eigenvalue weighted by Crippen LogP contribution is 2.31. The van der Waals surface area contributed by atoms with Crippen LogP contribution >= 0.6 is 11.3 Å². The van der Waals surface area contributed by atoms with Crippen molar-refractivity contribution in [3.05, 3.63) is 54.4 Å². The average molecular weight is 297 g/mol. The van der Waals surface area contributed by atoms with E-state index in [2.05, 4.69) is 10.1 Å². The smallest absolute Gasteiger partial charge is 0.213 e. The fraction of sp³-hybridized carbons (Fsp3) is 0.0667. The van der Waals surface area contributed by atoms with Gasteiger partial charge in [0.05, 0.1) is 24.3 Å². The number of imidazole rings is 1. The van der Waals surface area contributed by atoms with Gasteiger partial charge in [0.15, 0.2) is 10.8 Å². The summed E-state index contributed by atoms with van der Waals surface area (Å²) in [7, 11) is 0. The molecule has 1 aromatic carbocycles. The van der Waals surface area contributed by atoms with Crippen molar-refractivity contribution in [1.82, 2.24) is 14.6 Å². The summed E-state index contributed by atoms with van der Waals surface area (Å²) >= 11 is 1.44. The minimum Gasteiger partial charge on any atom is -0.462 e. The molecule has 5 nitrogen and oxygen atoms in total. The first-order chi connectivity index (χ1) is 10.4. The second kappa shape index (κ2) is 4.83. The highest BCUT2D eigenvalue weighted by atomic mass is 32.1. The van der Waals surface area contributed by atoms with Gasteiger partial charge in [-0.05, 0) is 12.1 Å². The van der Waals surface area contributed by atoms with Gasteiger partial charge in [-0.1, -0.05) is 41.7 Å². The fourth-order valence-corrected chi connectivity index (χ4v) is 3.15. The maximum absolute atomic E-state index is 9.69. The average Bonchev–Trinajstić information content (AvgIpc) is 3.22. The number of aliphatic hydroxyl groups excluding tert-OH is 1. The summed E-state index contributed by atoms with van der Waals surface area (Å²) in [5.74, 6) is 0.704. The van der Waals surface area contributed by atoms with Gasteiger partial charge in [0.25, 0.3) is 0 Å². The number of benzene rings is 1. The van der Waals surface area contributed by atoms with Crippen LogP contribution in [0.5, 0.6) is 0 Å². The molecule has 3 heterocycles. The lowest BCUT2D eigenvalue weighted by Crippen LogP contribution is -1.95. The Balaban J connectivity index is 1.90. The number of rotatable bonds is 3. The van der Waals surface area contributed by atoms with E-state index in [0.29, 0.717) is 11.5 Å². The predicted octanol–water partition coefficient (Wildman–Crippen LogP) is 3.21. The molecule has 0 radical (unpaired) electrons. The van der Waals surface area contributed by atoms with E-state index in [-0.39, 0.29) is 6.61 Å². The molecule has 3 aromatic heterocycles. The van der Waals surface area contributed by atoms with Crippen LogP contribution in [0.1, 0.15) is 5.69 Å². The molecule has 0 fully saturated rings. The molecule has 104 valence electrons. The molecule has 0 spiro atoms. The third-order valence-corrected chi connectivity index (χ3v) is 4.15. The monoisotopic (exact) mass is 297 g/mol. The molecular weight excluding hydrogens is 286 g/mol. The summed E-state index contributed by atoms with van der Waals surface area (Å²) in [6, 6.07) is 13.5. The van der Waals surface area contributed by atoms with Crippen LogP contribution in [0.4, 0.5) is 0 Å². The van der Waals surface area contributed by atoms with Gasteiger partial charge in [0.1, 0.15) is 0 Å². The van der Waals surface area contributed by atoms with Crippen molar-refractivity contribution in [2.24, 2.45) is 0 Å². The van der Waals surface area contributed by atoms with E-state index in [1.807, 2.05) is 42.5 Å². The van der Waals surface area contributed by atoms with Crippen molar-refractivity contribution < 1.29 is 9.52 Å². The summed E-state index contributed by atoms with van der Waals surface area (Å²) < 4.78 is 7.04. The molecule has 0 aliphatic heterocycles. The molecule has 4 rings (SSSR count). The van der Waals surface area contributed by atoms with Crippen molar-refractivity contribution in [2.45, 2.75) is 6.61 Å². The van der Waals surface area contributed by atoms with Gasteiger partial charge in [-0.15, -0.1) is 0 Å². The van der Waals surface area contributed by atoms with Crippen LogP contribution in [0.3, 0.4) is 0 Å². The summed E-state index contributed by atoms with van der Waals surface area (Å²) in [6.45, 7) is -0.118. The third-order valence-electron chi connectivity index (χ3n) is 3.23. The number of aromatic nitrogens is 3. The molecule has 1 N–H and O–H groups in total. The Bertz CT molecular complexity index is 879. The van der Waals surface area contributed by atoms with Crippen LogP contribution in [0.25, 0.3) is 27.0 Å². The standard InChI is InChI=1S/C15H11N3O2S/c19-9-11-13(10-5-2-1-3-6-10)16-15-18(11)17-14(21-15)12-7-4-8-20-12/h1-8,19H,9H2. The SMILES string of the molecule is OCc1c(-c2ccccc2)nc2sc(-c3ccco3)nn12. The largest absolute Gasteiger partial charge is 0.462 e. The van der Waals surface area contributed by atoms with Crippen molar-refractivity contribution >= 4 is 16.3 Å². The molecule has 0 saturated heterocycles. The highest BCUT2D eigenvalue weighted by molar-refractivity contribution is 7.19. The quantitative estimate of drug-likeness (QED) is 0.630. The normalized spacial score (nSPS) is 11.3. The van der Waals surface area contributed by atoms with Crippen LogP contribution in [0.2, 0.25) is 0 Å². The zero-order valence-corrected chi connectivity index (χ0v) is 11.7. The fourth-order valence-electron chi connectivity index (χ4n) is 2.26. The lowest BCUT2D eigenvalue weighted by atomic mass is 10.1. The minimum atomic E-state index is -0.118. The molecule has 0 aliphatic carbocycles. The molecule has 4 aromatic rings. The van der Waals surface area contributed by atoms with E-state index in [4.69, 9.17) is 4.42 Å². The molecule has 0 aliphatic rings. The Kier molecular flexibility index (Phi) is 2.83. The maximum atomic E-state index is 9.69. The molecule has 0 unspecified atom stereocenters. The second-order valence-electron chi connectivity index (χ2n) is 4.51. The number of fused-ring (bicyclic) bond motifs is 1. The van der Waals surface area contributed by atoms with E-state index < -0.39 is 0 Å². The van der Waals surface area contributed by atoms with Gasteiger partial charge in [-0.2, -0.15) is 5.10 Å². The van der Waals surface area contributed by atoms with Gasteiger partial charge >= 0.3 is 0 Å². The van der Waals surface area contributed by atoms with Crippen LogP contribution < -0.4 is 0 Å². The number of aliphatic hydroxyl groups is 1. The molecule has 0 amide bonds. The lowest BCUT2D eigenvalue weighted by Gasteiger charge is -1.99. The molecule has 0 saturated carbocycles. The van der Waals surface area contributed by atoms with E-state index >= 15 is 0 Å². The summed E-state index contributed by atoms with van der Waals surface area (Å²) in [6.07, 6.45) is 1.61. The van der Waals surface area contributed by atoms with E-state index in [1.54, 1.807) is 10.8 Å². The topological polar surface area (TPSA) is 63.6 Å². The van der Waals surface area contributed by atoms with Gasteiger partial charge in [0, 0.05) is 5.56 Å². The first kappa shape index (κ1) is 12.3. The lowest BCUT2D eigenvalue weighted by molar-refractivity contribution is 0.275. The Morgan fingerprint density at radius 1 is 1.14 bits per heavy atom. The Morgan fingerprint density at radius 2 is 2.00 bits per heavy atom. The third kappa shape index (κ3) is 1.96. The highest BCUT2D eigenvalue weighted by Gasteiger charge is 2.18. The molecular formula is C15H11N3O2S. The van der Waals surface area contributed by atoms with E-state index in [0.717, 1.165) is 21.2 Å². The molecule has 0 bridgehead atoms. The number of hydrogen-bond acceptors (Lipinski definition) is 5. The number of hydrogen-bond donors (Lipinski definition) is 1. The van der Waals surface area contributed by atoms with E-state index in [1.165, 1.54) is 11.3 Å². The van der Waals surface area contributed by atoms with Crippen molar-refractivity contribution in [1.29, 1.82) is 0 Å². The molecule has 0 atom stereocenters. The van der Waals surface area contributed by atoms with Gasteiger partial charge < -0.3 is 9.52 Å². The summed E-state index contributed by atoms with van der Waals surface area (Å²) in [4.78, 5) is 5.34. The zero-order chi connectivity index (χ0) is 14.2. The van der Waals surface area contributed by atoms with Crippen LogP contribution in [0, 0.1) is 0 Å². The number of nitrogens with zero attached hydrogens (tertiary/aromatic N) is 3. The van der Waals surface area contributed by atoms with Crippen LogP contribution in [-0.2, 0) is 6.61 Å². The van der Waals surface area contributed by atoms with Crippen molar-refractivity contribution in [2.75, 3.05) is 0 Å². The summed E-state index contributed by atoms with van der Waals surface area (Å²) in [5, 5.41) is 14.9. The Labute approximate surface area is 124 Å². The Morgan fingerprint density at radius 3 is 2.71 bits per heavy atom. The molecule has 21 heavy (non-hydrogen) atoms. The first-order valence-electron chi connectivity index (χ1n) is 6.45. The number of furan rings is 1. The summed E-state index contributed by atoms with van der Waals surface area (Å²) in [5.41, 5.74) is 2.42. The van der Waals surface area contributed by atoms with Crippen LogP contribution in [-0.4, -0.2) is 19.7 Å². The second-order valence-corrected chi connectivity index (χ2v) is 5.47. The van der Waals surface area contributed by atoms with Gasteiger partial charge in [-0.3, -0.25) is 0 Å². The molecule has 6 heteroatoms. The van der Waals surface area contributed by atoms with Gasteiger partial charge in [-0.25, -0.2) is 9.50 Å². The van der Waals surface area contributed by atoms with E-state index in [9.17, 15) is 5.11 Å². The Hall–Kier alpha value is -2.44. The zero-order valence-electron chi connectivity index (χ0n) is 10.9. The van der Waals surface area contributed by atoms with Gasteiger partial charge in [0.2, 0.25) is 4.96 Å². The van der Waals surface area contributed by atoms with Crippen molar-refractivity contribution in [3.63, 3.8) is 0 Å². The predicted molar refractivity (Wildman–Crippen MR) is 79.9 cm³/mol. The first-order valence-corrected chi connectivity index (χ1v) is 7.27. The van der Waals surface area contributed by atoms with Crippen LogP contribution in [0.15, 0.2) is 53.1 Å². The maximum Gasteiger partial charge on any atom is 0.213 e. The minimum absolute atomic E-state index is 0.118.